The maximum atomic E-state index is 11.7. The number of methoxy groups -OCH3 is 2. The molecule has 8 heteroatoms. The number of Topliss-reactive ketones (excluding diaryl/α,β-unsaturated/α-hetero) is 1. The van der Waals surface area contributed by atoms with E-state index < -0.39 is 12.0 Å². The summed E-state index contributed by atoms with van der Waals surface area (Å²) in [7, 11) is 6.75. The van der Waals surface area contributed by atoms with Crippen molar-refractivity contribution in [1.82, 2.24) is 9.80 Å². The highest BCUT2D eigenvalue weighted by molar-refractivity contribution is 6.00. The highest BCUT2D eigenvalue weighted by Crippen LogP contribution is 2.38. The molecule has 4 bridgehead atoms. The molecule has 0 aromatic carbocycles. The van der Waals surface area contributed by atoms with Crippen molar-refractivity contribution in [3.8, 4) is 0 Å². The molecule has 7 unspecified atom stereocenters. The average molecular weight is 396 g/mol. The van der Waals surface area contributed by atoms with E-state index in [0.717, 1.165) is 25.7 Å². The van der Waals surface area contributed by atoms with Gasteiger partial charge in [0, 0.05) is 30.6 Å². The van der Waals surface area contributed by atoms with Gasteiger partial charge in [0.05, 0.1) is 26.2 Å². The number of rotatable bonds is 2. The van der Waals surface area contributed by atoms with E-state index in [0.29, 0.717) is 24.9 Å². The summed E-state index contributed by atoms with van der Waals surface area (Å²) < 4.78 is 9.41. The summed E-state index contributed by atoms with van der Waals surface area (Å²) in [6.45, 7) is 0. The normalized spacial score (nSPS) is 39.9. The van der Waals surface area contributed by atoms with E-state index in [2.05, 4.69) is 14.5 Å². The lowest BCUT2D eigenvalue weighted by atomic mass is 9.88. The van der Waals surface area contributed by atoms with Crippen LogP contribution in [0.2, 0.25) is 0 Å². The highest BCUT2D eigenvalue weighted by atomic mass is 16.5. The van der Waals surface area contributed by atoms with Gasteiger partial charge in [-0.2, -0.15) is 0 Å². The first-order valence-electron chi connectivity index (χ1n) is 10.1. The lowest BCUT2D eigenvalue weighted by molar-refractivity contribution is -0.156. The number of ether oxygens (including phenoxy) is 2. The van der Waals surface area contributed by atoms with Gasteiger partial charge < -0.3 is 14.6 Å². The Bertz CT molecular complexity index is 626. The molecular weight excluding hydrogens is 364 g/mol. The van der Waals surface area contributed by atoms with Crippen molar-refractivity contribution in [3.05, 3.63) is 0 Å². The second-order valence-electron chi connectivity index (χ2n) is 8.45. The first-order valence-corrected chi connectivity index (χ1v) is 10.1. The summed E-state index contributed by atoms with van der Waals surface area (Å²) in [4.78, 5) is 39.0. The van der Waals surface area contributed by atoms with Crippen LogP contribution in [0.1, 0.15) is 38.5 Å². The first-order chi connectivity index (χ1) is 13.3. The summed E-state index contributed by atoms with van der Waals surface area (Å²) in [6, 6.07) is 1.06. The molecule has 0 saturated carbocycles. The lowest BCUT2D eigenvalue weighted by Gasteiger charge is -2.39. The molecule has 0 spiro atoms. The lowest BCUT2D eigenvalue weighted by Crippen LogP contribution is -2.52. The number of fused-ring (bicyclic) bond motifs is 4. The number of carbonyl (C=O) groups is 3. The Balaban J connectivity index is 0.000000161. The summed E-state index contributed by atoms with van der Waals surface area (Å²) in [6.07, 6.45) is 4.74. The van der Waals surface area contributed by atoms with Gasteiger partial charge >= 0.3 is 11.9 Å². The predicted octanol–water partition coefficient (Wildman–Crippen LogP) is 0.214. The molecule has 4 rings (SSSR count). The Morgan fingerprint density at radius 2 is 1.50 bits per heavy atom. The number of aliphatic hydroxyl groups excluding tert-OH is 1. The number of esters is 2. The maximum Gasteiger partial charge on any atom is 0.317 e. The Morgan fingerprint density at radius 3 is 2.14 bits per heavy atom. The summed E-state index contributed by atoms with van der Waals surface area (Å²) in [5, 5.41) is 9.84. The molecule has 8 nitrogen and oxygen atoms in total. The van der Waals surface area contributed by atoms with Gasteiger partial charge in [-0.3, -0.25) is 24.2 Å². The smallest absolute Gasteiger partial charge is 0.317 e. The molecule has 4 aliphatic heterocycles. The van der Waals surface area contributed by atoms with Gasteiger partial charge in [0.2, 0.25) is 0 Å². The molecule has 1 N–H and O–H groups in total. The third-order valence-electron chi connectivity index (χ3n) is 7.23. The molecule has 7 atom stereocenters. The number of ketones is 1. The summed E-state index contributed by atoms with van der Waals surface area (Å²) >= 11 is 0. The average Bonchev–Trinajstić information content (AvgIpc) is 3.05. The van der Waals surface area contributed by atoms with Crippen LogP contribution >= 0.6 is 0 Å². The quantitative estimate of drug-likeness (QED) is 0.523. The summed E-state index contributed by atoms with van der Waals surface area (Å²) in [5.74, 6) is -1.46. The minimum absolute atomic E-state index is 0.0578. The van der Waals surface area contributed by atoms with Gasteiger partial charge in [-0.25, -0.2) is 0 Å². The van der Waals surface area contributed by atoms with Crippen molar-refractivity contribution >= 4 is 17.7 Å². The van der Waals surface area contributed by atoms with Crippen LogP contribution in [0.15, 0.2) is 0 Å². The predicted molar refractivity (Wildman–Crippen MR) is 100 cm³/mol. The topological polar surface area (TPSA) is 96.4 Å². The Kier molecular flexibility index (Phi) is 6.41. The van der Waals surface area contributed by atoms with Crippen LogP contribution in [0.25, 0.3) is 0 Å². The second-order valence-corrected chi connectivity index (χ2v) is 8.45. The Morgan fingerprint density at radius 1 is 0.929 bits per heavy atom. The van der Waals surface area contributed by atoms with E-state index in [1.165, 1.54) is 14.2 Å². The van der Waals surface area contributed by atoms with Crippen molar-refractivity contribution in [2.45, 2.75) is 68.8 Å². The number of piperidine rings is 2. The second kappa shape index (κ2) is 8.47. The third-order valence-corrected chi connectivity index (χ3v) is 7.23. The number of hydrogen-bond acceptors (Lipinski definition) is 8. The van der Waals surface area contributed by atoms with Crippen LogP contribution < -0.4 is 0 Å². The van der Waals surface area contributed by atoms with E-state index in [1.54, 1.807) is 0 Å². The monoisotopic (exact) mass is 396 g/mol. The standard InChI is InChI=1S/C10H17NO3.C10H15NO3/c2*1-11-6-3-4-7(11)9(8(12)5-6)10(13)14-2/h6-9,12H,3-5H2,1-2H3;6-7,9H,3-5H2,1-2H3. The van der Waals surface area contributed by atoms with Crippen molar-refractivity contribution in [2.75, 3.05) is 28.3 Å². The van der Waals surface area contributed by atoms with Gasteiger partial charge in [0.15, 0.2) is 0 Å². The zero-order valence-electron chi connectivity index (χ0n) is 17.2. The summed E-state index contributed by atoms with van der Waals surface area (Å²) in [5.41, 5.74) is 0. The molecule has 4 heterocycles. The SMILES string of the molecule is COC(=O)C1C(=O)CC2CCC1N2C.COC(=O)C1C(O)CC2CCC1N2C. The molecule has 4 aliphatic rings. The molecule has 28 heavy (non-hydrogen) atoms. The Labute approximate surface area is 166 Å². The van der Waals surface area contributed by atoms with Crippen molar-refractivity contribution in [3.63, 3.8) is 0 Å². The molecule has 4 fully saturated rings. The maximum absolute atomic E-state index is 11.7. The molecule has 0 amide bonds. The molecule has 4 saturated heterocycles. The van der Waals surface area contributed by atoms with Gasteiger partial charge in [-0.1, -0.05) is 0 Å². The molecule has 0 aromatic heterocycles. The van der Waals surface area contributed by atoms with Gasteiger partial charge in [-0.15, -0.1) is 0 Å². The molecular formula is C20H32N2O6. The van der Waals surface area contributed by atoms with Crippen molar-refractivity contribution in [1.29, 1.82) is 0 Å². The minimum atomic E-state index is -0.538. The van der Waals surface area contributed by atoms with Crippen LogP contribution in [0, 0.1) is 11.8 Å². The van der Waals surface area contributed by atoms with Gasteiger partial charge in [-0.05, 0) is 46.2 Å². The first kappa shape index (κ1) is 21.2. The van der Waals surface area contributed by atoms with Crippen LogP contribution in [0.3, 0.4) is 0 Å². The fourth-order valence-electron chi connectivity index (χ4n) is 5.57. The number of aliphatic hydroxyl groups is 1. The number of carbonyl (C=O) groups excluding carboxylic acids is 3. The van der Waals surface area contributed by atoms with Crippen LogP contribution in [-0.2, 0) is 23.9 Å². The van der Waals surface area contributed by atoms with Gasteiger partial charge in [0.25, 0.3) is 0 Å². The largest absolute Gasteiger partial charge is 0.469 e. The van der Waals surface area contributed by atoms with Crippen molar-refractivity contribution in [2.24, 2.45) is 11.8 Å². The fourth-order valence-corrected chi connectivity index (χ4v) is 5.57. The Hall–Kier alpha value is -1.51. The molecule has 158 valence electrons. The third kappa shape index (κ3) is 3.69. The van der Waals surface area contributed by atoms with Gasteiger partial charge in [0.1, 0.15) is 11.7 Å². The van der Waals surface area contributed by atoms with Crippen molar-refractivity contribution < 1.29 is 29.0 Å². The van der Waals surface area contributed by atoms with E-state index in [9.17, 15) is 19.5 Å². The molecule has 0 radical (unpaired) electrons. The van der Waals surface area contributed by atoms with E-state index in [1.807, 2.05) is 14.1 Å². The molecule has 0 aromatic rings. The fraction of sp³-hybridized carbons (Fsp3) is 0.850. The number of hydrogen-bond donors (Lipinski definition) is 1. The molecule has 0 aliphatic carbocycles. The number of nitrogens with zero attached hydrogens (tertiary/aromatic N) is 2. The van der Waals surface area contributed by atoms with E-state index >= 15 is 0 Å². The van der Waals surface area contributed by atoms with Crippen LogP contribution in [0.4, 0.5) is 0 Å². The van der Waals surface area contributed by atoms with Crippen LogP contribution in [0.5, 0.6) is 0 Å². The van der Waals surface area contributed by atoms with E-state index in [-0.39, 0.29) is 35.7 Å². The van der Waals surface area contributed by atoms with Crippen LogP contribution in [-0.4, -0.2) is 91.2 Å². The highest BCUT2D eigenvalue weighted by Gasteiger charge is 2.49. The minimum Gasteiger partial charge on any atom is -0.469 e. The zero-order chi connectivity index (χ0) is 20.6. The van der Waals surface area contributed by atoms with E-state index in [4.69, 9.17) is 4.74 Å². The zero-order valence-corrected chi connectivity index (χ0v) is 17.2.